The number of hydrogen-bond acceptors (Lipinski definition) is 5. The number of nitrogens with zero attached hydrogens (tertiary/aromatic N) is 4. The number of piperidine rings is 1. The molecule has 1 fully saturated rings. The van der Waals surface area contributed by atoms with E-state index in [1.54, 1.807) is 11.3 Å². The number of rotatable bonds is 4. The lowest BCUT2D eigenvalue weighted by atomic mass is 9.94. The topological polar surface area (TPSA) is 63.6 Å². The largest absolute Gasteiger partial charge is 0.339 e. The first-order valence-electron chi connectivity index (χ1n) is 9.47. The minimum absolute atomic E-state index is 0.0953. The minimum Gasteiger partial charge on any atom is -0.339 e. The number of likely N-dealkylation sites (tertiary alicyclic amines) is 1. The number of aromatic nitrogens is 3. The molecule has 5 heterocycles. The molecule has 0 aliphatic carbocycles. The molecular formula is C21H20N4O2S. The zero-order valence-electron chi connectivity index (χ0n) is 15.3. The second-order valence-corrected chi connectivity index (χ2v) is 8.03. The summed E-state index contributed by atoms with van der Waals surface area (Å²) < 4.78 is 7.43. The van der Waals surface area contributed by atoms with Crippen LogP contribution in [0.15, 0.2) is 58.0 Å². The Labute approximate surface area is 166 Å². The summed E-state index contributed by atoms with van der Waals surface area (Å²) in [6.07, 6.45) is 6.64. The number of hydrogen-bond donors (Lipinski definition) is 0. The molecule has 0 bridgehead atoms. The fourth-order valence-electron chi connectivity index (χ4n) is 3.86. The van der Waals surface area contributed by atoms with Crippen LogP contribution >= 0.6 is 11.3 Å². The van der Waals surface area contributed by atoms with Crippen LogP contribution in [0.4, 0.5) is 0 Å². The van der Waals surface area contributed by atoms with Crippen LogP contribution in [0.2, 0.25) is 0 Å². The van der Waals surface area contributed by atoms with Crippen molar-refractivity contribution >= 4 is 22.8 Å². The normalized spacial score (nSPS) is 17.3. The first-order chi connectivity index (χ1) is 13.8. The SMILES string of the molecule is O=C(c1cc2ccccn2c1)N1CCC[C@@H](Cc2nc(-c3ccsc3)no2)C1. The fourth-order valence-corrected chi connectivity index (χ4v) is 4.50. The molecule has 4 aromatic heterocycles. The molecule has 0 saturated carbocycles. The van der Waals surface area contributed by atoms with Crippen LogP contribution < -0.4 is 0 Å². The van der Waals surface area contributed by atoms with Gasteiger partial charge in [0, 0.05) is 48.4 Å². The van der Waals surface area contributed by atoms with Crippen LogP contribution in [0, 0.1) is 5.92 Å². The van der Waals surface area contributed by atoms with Crippen molar-refractivity contribution in [2.75, 3.05) is 13.1 Å². The maximum atomic E-state index is 13.0. The van der Waals surface area contributed by atoms with Gasteiger partial charge in [-0.3, -0.25) is 4.79 Å². The highest BCUT2D eigenvalue weighted by Gasteiger charge is 2.26. The highest BCUT2D eigenvalue weighted by molar-refractivity contribution is 7.08. The van der Waals surface area contributed by atoms with Crippen molar-refractivity contribution in [3.8, 4) is 11.4 Å². The van der Waals surface area contributed by atoms with Crippen molar-refractivity contribution < 1.29 is 9.32 Å². The number of fused-ring (bicyclic) bond motifs is 1. The summed E-state index contributed by atoms with van der Waals surface area (Å²) in [6.45, 7) is 1.52. The van der Waals surface area contributed by atoms with Crippen molar-refractivity contribution in [2.24, 2.45) is 5.92 Å². The predicted molar refractivity (Wildman–Crippen MR) is 107 cm³/mol. The van der Waals surface area contributed by atoms with E-state index in [0.29, 0.717) is 24.1 Å². The molecule has 0 spiro atoms. The quantitative estimate of drug-likeness (QED) is 0.523. The Morgan fingerprint density at radius 3 is 3.14 bits per heavy atom. The number of pyridine rings is 1. The number of carbonyl (C=O) groups excluding carboxylic acids is 1. The van der Waals surface area contributed by atoms with E-state index in [1.165, 1.54) is 0 Å². The van der Waals surface area contributed by atoms with Gasteiger partial charge in [0.2, 0.25) is 11.7 Å². The summed E-state index contributed by atoms with van der Waals surface area (Å²) in [7, 11) is 0. The summed E-state index contributed by atoms with van der Waals surface area (Å²) in [5.74, 6) is 1.72. The third-order valence-electron chi connectivity index (χ3n) is 5.27. The first kappa shape index (κ1) is 17.2. The smallest absolute Gasteiger partial charge is 0.255 e. The zero-order chi connectivity index (χ0) is 18.9. The van der Waals surface area contributed by atoms with E-state index in [1.807, 2.05) is 62.8 Å². The minimum atomic E-state index is 0.0953. The molecule has 1 aliphatic heterocycles. The standard InChI is InChI=1S/C21H20N4O2S/c26-21(17-11-18-5-1-2-7-24(18)13-17)25-8-3-4-15(12-25)10-19-22-20(23-27-19)16-6-9-28-14-16/h1-2,5-7,9,11,13-15H,3-4,8,10,12H2/t15-/m0/s1. The molecule has 6 nitrogen and oxygen atoms in total. The molecule has 4 aromatic rings. The Kier molecular flexibility index (Phi) is 4.44. The molecule has 0 radical (unpaired) electrons. The van der Waals surface area contributed by atoms with Crippen LogP contribution in [-0.4, -0.2) is 38.4 Å². The third kappa shape index (κ3) is 3.33. The van der Waals surface area contributed by atoms with Gasteiger partial charge in [-0.15, -0.1) is 0 Å². The fraction of sp³-hybridized carbons (Fsp3) is 0.286. The number of thiophene rings is 1. The summed E-state index contributed by atoms with van der Waals surface area (Å²) >= 11 is 1.61. The van der Waals surface area contributed by atoms with Crippen LogP contribution in [0.5, 0.6) is 0 Å². The van der Waals surface area contributed by atoms with Gasteiger partial charge in [-0.25, -0.2) is 0 Å². The van der Waals surface area contributed by atoms with E-state index >= 15 is 0 Å². The van der Waals surface area contributed by atoms with Crippen LogP contribution in [0.1, 0.15) is 29.1 Å². The van der Waals surface area contributed by atoms with Crippen molar-refractivity contribution in [1.29, 1.82) is 0 Å². The summed E-state index contributed by atoms with van der Waals surface area (Å²) in [5.41, 5.74) is 2.76. The van der Waals surface area contributed by atoms with E-state index in [2.05, 4.69) is 10.1 Å². The molecule has 28 heavy (non-hydrogen) atoms. The van der Waals surface area contributed by atoms with Crippen molar-refractivity contribution in [3.05, 3.63) is 64.9 Å². The molecule has 0 aromatic carbocycles. The lowest BCUT2D eigenvalue weighted by molar-refractivity contribution is 0.0668. The molecule has 7 heteroatoms. The maximum Gasteiger partial charge on any atom is 0.255 e. The zero-order valence-corrected chi connectivity index (χ0v) is 16.1. The molecule has 1 atom stereocenters. The van der Waals surface area contributed by atoms with E-state index < -0.39 is 0 Å². The summed E-state index contributed by atoms with van der Waals surface area (Å²) in [4.78, 5) is 19.5. The van der Waals surface area contributed by atoms with Gasteiger partial charge in [0.1, 0.15) is 0 Å². The third-order valence-corrected chi connectivity index (χ3v) is 5.95. The van der Waals surface area contributed by atoms with Gasteiger partial charge in [0.25, 0.3) is 5.91 Å². The first-order valence-corrected chi connectivity index (χ1v) is 10.4. The van der Waals surface area contributed by atoms with E-state index in [4.69, 9.17) is 4.52 Å². The van der Waals surface area contributed by atoms with Crippen LogP contribution in [0.25, 0.3) is 16.9 Å². The van der Waals surface area contributed by atoms with Gasteiger partial charge in [0.05, 0.1) is 5.56 Å². The molecule has 1 saturated heterocycles. The van der Waals surface area contributed by atoms with Crippen molar-refractivity contribution in [3.63, 3.8) is 0 Å². The number of amides is 1. The molecule has 0 unspecified atom stereocenters. The Hall–Kier alpha value is -2.93. The van der Waals surface area contributed by atoms with Gasteiger partial charge in [0.15, 0.2) is 0 Å². The lowest BCUT2D eigenvalue weighted by Crippen LogP contribution is -2.40. The number of carbonyl (C=O) groups is 1. The lowest BCUT2D eigenvalue weighted by Gasteiger charge is -2.32. The predicted octanol–water partition coefficient (Wildman–Crippen LogP) is 4.15. The molecule has 1 aliphatic rings. The summed E-state index contributed by atoms with van der Waals surface area (Å²) in [5, 5.41) is 8.10. The van der Waals surface area contributed by atoms with Crippen molar-refractivity contribution in [2.45, 2.75) is 19.3 Å². The van der Waals surface area contributed by atoms with Gasteiger partial charge in [-0.1, -0.05) is 11.2 Å². The Morgan fingerprint density at radius 1 is 1.32 bits per heavy atom. The van der Waals surface area contributed by atoms with E-state index in [-0.39, 0.29) is 5.91 Å². The highest BCUT2D eigenvalue weighted by Crippen LogP contribution is 2.24. The van der Waals surface area contributed by atoms with Gasteiger partial charge >= 0.3 is 0 Å². The molecule has 5 rings (SSSR count). The van der Waals surface area contributed by atoms with Gasteiger partial charge < -0.3 is 13.8 Å². The van der Waals surface area contributed by atoms with E-state index in [9.17, 15) is 4.79 Å². The second kappa shape index (κ2) is 7.24. The molecule has 142 valence electrons. The average molecular weight is 392 g/mol. The summed E-state index contributed by atoms with van der Waals surface area (Å²) in [6, 6.07) is 9.90. The Bertz CT molecular complexity index is 1070. The monoisotopic (exact) mass is 392 g/mol. The van der Waals surface area contributed by atoms with E-state index in [0.717, 1.165) is 42.6 Å². The average Bonchev–Trinajstić information content (AvgIpc) is 3.47. The highest BCUT2D eigenvalue weighted by atomic mass is 32.1. The second-order valence-electron chi connectivity index (χ2n) is 7.25. The van der Waals surface area contributed by atoms with Crippen LogP contribution in [-0.2, 0) is 6.42 Å². The molecule has 1 amide bonds. The van der Waals surface area contributed by atoms with Crippen molar-refractivity contribution in [1.82, 2.24) is 19.4 Å². The molecular weight excluding hydrogens is 372 g/mol. The van der Waals surface area contributed by atoms with Crippen LogP contribution in [0.3, 0.4) is 0 Å². The van der Waals surface area contributed by atoms with Gasteiger partial charge in [-0.05, 0) is 48.4 Å². The Balaban J connectivity index is 1.27. The van der Waals surface area contributed by atoms with Gasteiger partial charge in [-0.2, -0.15) is 16.3 Å². The maximum absolute atomic E-state index is 13.0. The Morgan fingerprint density at radius 2 is 2.29 bits per heavy atom. The molecule has 0 N–H and O–H groups in total.